The van der Waals surface area contributed by atoms with Crippen LogP contribution in [0.25, 0.3) is 11.1 Å². The number of nitrogens with zero attached hydrogens (tertiary/aromatic N) is 4. The summed E-state index contributed by atoms with van der Waals surface area (Å²) in [5, 5.41) is 0. The van der Waals surface area contributed by atoms with Crippen LogP contribution in [0.3, 0.4) is 0 Å². The fraction of sp³-hybridized carbons (Fsp3) is 0.612. The summed E-state index contributed by atoms with van der Waals surface area (Å²) in [5.41, 5.74) is 6.82. The zero-order chi connectivity index (χ0) is 53.7. The van der Waals surface area contributed by atoms with E-state index in [-0.39, 0.29) is 75.4 Å². The molecular weight excluding hydrogens is 1240 g/mol. The minimum Gasteiger partial charge on any atom is -1.00 e. The highest BCUT2D eigenvalue weighted by atomic mass is 79.9. The highest BCUT2D eigenvalue weighted by Gasteiger charge is 2.24. The van der Waals surface area contributed by atoms with Gasteiger partial charge >= 0.3 is 0 Å². The van der Waals surface area contributed by atoms with Crippen LogP contribution < -0.4 is 86.9 Å². The first-order chi connectivity index (χ1) is 36.0. The zero-order valence-electron chi connectivity index (χ0n) is 51.0. The molecule has 0 bridgehead atoms. The van der Waals surface area contributed by atoms with Crippen molar-refractivity contribution in [1.82, 2.24) is 0 Å². The van der Waals surface area contributed by atoms with Crippen LogP contribution in [0.1, 0.15) is 164 Å². The largest absolute Gasteiger partial charge is 1.00 e. The van der Waals surface area contributed by atoms with Gasteiger partial charge in [-0.25, -0.2) is 0 Å². The molecule has 0 amide bonds. The van der Waals surface area contributed by atoms with Gasteiger partial charge in [-0.15, -0.1) is 0 Å². The maximum absolute atomic E-state index is 6.42. The molecule has 0 saturated carbocycles. The first-order valence-electron chi connectivity index (χ1n) is 30.1. The molecule has 4 aromatic carbocycles. The lowest BCUT2D eigenvalue weighted by Gasteiger charge is -2.35. The minimum atomic E-state index is 0. The lowest BCUT2D eigenvalue weighted by atomic mass is 9.85. The zero-order valence-corrected chi connectivity index (χ0v) is 57.3. The van der Waals surface area contributed by atoms with Crippen LogP contribution in [-0.2, 0) is 0 Å². The highest BCUT2D eigenvalue weighted by Crippen LogP contribution is 2.39. The monoisotopic (exact) mass is 1350 g/mol. The number of halogens is 4. The third-order valence-electron chi connectivity index (χ3n) is 18.1. The average Bonchev–Trinajstić information content (AvgIpc) is 3.46. The van der Waals surface area contributed by atoms with Crippen molar-refractivity contribution in [1.29, 1.82) is 0 Å². The Kier molecular flexibility index (Phi) is 42.2. The molecule has 0 radical (unpaired) electrons. The molecule has 79 heavy (non-hydrogen) atoms. The minimum absolute atomic E-state index is 0. The molecular formula is C67H112Br4N4O4. The van der Waals surface area contributed by atoms with Crippen molar-refractivity contribution in [2.45, 2.75) is 142 Å². The van der Waals surface area contributed by atoms with Gasteiger partial charge in [0.25, 0.3) is 0 Å². The molecule has 0 unspecified atom stereocenters. The summed E-state index contributed by atoms with van der Waals surface area (Å²) in [6.07, 6.45) is 8.87. The fourth-order valence-electron chi connectivity index (χ4n) is 11.3. The van der Waals surface area contributed by atoms with Crippen LogP contribution in [0.5, 0.6) is 23.0 Å². The van der Waals surface area contributed by atoms with Crippen LogP contribution in [0, 0.1) is 0 Å². The molecule has 0 aliphatic carbocycles. The van der Waals surface area contributed by atoms with Crippen molar-refractivity contribution in [3.8, 4) is 23.0 Å². The second kappa shape index (κ2) is 42.4. The van der Waals surface area contributed by atoms with Crippen LogP contribution in [0.15, 0.2) is 97.1 Å². The van der Waals surface area contributed by atoms with Crippen LogP contribution in [0.2, 0.25) is 0 Å². The van der Waals surface area contributed by atoms with Gasteiger partial charge < -0.3 is 105 Å². The van der Waals surface area contributed by atoms with E-state index in [0.29, 0.717) is 0 Å². The van der Waals surface area contributed by atoms with Crippen molar-refractivity contribution in [3.63, 3.8) is 0 Å². The van der Waals surface area contributed by atoms with Gasteiger partial charge in [0.05, 0.1) is 131 Å². The van der Waals surface area contributed by atoms with Gasteiger partial charge in [-0.05, 0) is 216 Å². The number of hydrogen-bond donors (Lipinski definition) is 0. The van der Waals surface area contributed by atoms with Crippen molar-refractivity contribution in [3.05, 3.63) is 119 Å². The first kappa shape index (κ1) is 78.6. The molecule has 12 heteroatoms. The second-order valence-corrected chi connectivity index (χ2v) is 21.1. The van der Waals surface area contributed by atoms with E-state index in [0.717, 1.165) is 109 Å². The molecule has 0 aromatic heterocycles. The molecule has 0 saturated heterocycles. The van der Waals surface area contributed by atoms with E-state index in [1.54, 1.807) is 0 Å². The smallest absolute Gasteiger partial charge is 0.119 e. The van der Waals surface area contributed by atoms with Gasteiger partial charge in [0.15, 0.2) is 0 Å². The Hall–Kier alpha value is -2.42. The third-order valence-corrected chi connectivity index (χ3v) is 18.1. The number of benzene rings is 4. The Morgan fingerprint density at radius 1 is 0.253 bits per heavy atom. The number of ether oxygens (including phenoxy) is 4. The summed E-state index contributed by atoms with van der Waals surface area (Å²) >= 11 is 0. The van der Waals surface area contributed by atoms with Gasteiger partial charge in [0.2, 0.25) is 0 Å². The molecule has 0 aliphatic heterocycles. The molecule has 4 aromatic rings. The Morgan fingerprint density at radius 3 is 0.544 bits per heavy atom. The molecule has 4 rings (SSSR count). The molecule has 0 spiro atoms. The SMILES string of the molecule is C.CC[N+](CC)(CC)CCCCOc1ccc(C(=C(c2ccc(OCCCC[N+](CC)(CC)CC)cc2)c2ccc(OCCCC[N+](CC)(CC)CC)cc2)c2ccc(OCCCC[N+](CC)(CC)CC)cc2)cc1.[Br-].[Br-].[Br-].[Br-]. The Labute approximate surface area is 527 Å². The number of hydrogen-bond acceptors (Lipinski definition) is 4. The maximum Gasteiger partial charge on any atom is 0.119 e. The topological polar surface area (TPSA) is 36.9 Å². The predicted octanol–water partition coefficient (Wildman–Crippen LogP) is 3.49. The fourth-order valence-corrected chi connectivity index (χ4v) is 11.3. The van der Waals surface area contributed by atoms with E-state index >= 15 is 0 Å². The van der Waals surface area contributed by atoms with Crippen LogP contribution >= 0.6 is 0 Å². The second-order valence-electron chi connectivity index (χ2n) is 21.1. The van der Waals surface area contributed by atoms with E-state index in [9.17, 15) is 0 Å². The molecule has 8 nitrogen and oxygen atoms in total. The van der Waals surface area contributed by atoms with Gasteiger partial charge in [-0.2, -0.15) is 0 Å². The highest BCUT2D eigenvalue weighted by molar-refractivity contribution is 6.04. The summed E-state index contributed by atoms with van der Waals surface area (Å²) in [7, 11) is 0. The summed E-state index contributed by atoms with van der Waals surface area (Å²) in [6.45, 7) is 49.8. The van der Waals surface area contributed by atoms with Gasteiger partial charge in [-0.3, -0.25) is 0 Å². The van der Waals surface area contributed by atoms with E-state index in [1.807, 2.05) is 0 Å². The summed E-state index contributed by atoms with van der Waals surface area (Å²) in [5.74, 6) is 3.63. The number of rotatable bonds is 40. The normalized spacial score (nSPS) is 11.4. The molecule has 0 heterocycles. The quantitative estimate of drug-likeness (QED) is 0.0389. The van der Waals surface area contributed by atoms with Crippen molar-refractivity contribution >= 4 is 11.1 Å². The molecule has 0 N–H and O–H groups in total. The van der Waals surface area contributed by atoms with E-state index in [1.165, 1.54) is 148 Å². The van der Waals surface area contributed by atoms with Gasteiger partial charge in [-0.1, -0.05) is 56.0 Å². The summed E-state index contributed by atoms with van der Waals surface area (Å²) < 4.78 is 30.4. The standard InChI is InChI=1S/C66H108N4O4.CH4.4BrH/c1-13-67(14-2,15-3)49-25-29-53-71-61-41-33-57(34-42-61)65(58-35-43-62(44-36-58)72-54-30-26-50-68(16-4,17-5)18-6)66(59-37-45-63(46-38-59)73-55-31-27-51-69(19-7,20-8)21-9)60-39-47-64(48-40-60)74-56-32-28-52-70(22-10,23-11)24-12;;;;;/h33-48H,13-32,49-56H2,1-12H3;1H4;4*1H/q+4;;;;;/p-4. The van der Waals surface area contributed by atoms with Crippen LogP contribution in [0.4, 0.5) is 0 Å². The van der Waals surface area contributed by atoms with E-state index in [4.69, 9.17) is 18.9 Å². The maximum atomic E-state index is 6.42. The van der Waals surface area contributed by atoms with Crippen LogP contribution in [-0.4, -0.2) is 149 Å². The summed E-state index contributed by atoms with van der Waals surface area (Å²) in [4.78, 5) is 0. The average molecular weight is 1360 g/mol. The lowest BCUT2D eigenvalue weighted by molar-refractivity contribution is -0.923. The first-order valence-corrected chi connectivity index (χ1v) is 30.1. The summed E-state index contributed by atoms with van der Waals surface area (Å²) in [6, 6.07) is 35.2. The molecule has 0 aliphatic rings. The Bertz CT molecular complexity index is 1800. The number of quaternary nitrogens is 4. The molecule has 0 fully saturated rings. The van der Waals surface area contributed by atoms with Crippen molar-refractivity contribution < 1.29 is 105 Å². The molecule has 0 atom stereocenters. The van der Waals surface area contributed by atoms with E-state index in [2.05, 4.69) is 180 Å². The van der Waals surface area contributed by atoms with E-state index < -0.39 is 0 Å². The number of unbranched alkanes of at least 4 members (excludes halogenated alkanes) is 4. The lowest BCUT2D eigenvalue weighted by Crippen LogP contribution is -3.00. The van der Waals surface area contributed by atoms with Crippen molar-refractivity contribution in [2.75, 3.05) is 131 Å². The molecule has 452 valence electrons. The van der Waals surface area contributed by atoms with Gasteiger partial charge in [0, 0.05) is 0 Å². The predicted molar refractivity (Wildman–Crippen MR) is 323 cm³/mol. The Morgan fingerprint density at radius 2 is 0.405 bits per heavy atom. The third kappa shape index (κ3) is 24.4. The van der Waals surface area contributed by atoms with Crippen molar-refractivity contribution in [2.24, 2.45) is 0 Å². The van der Waals surface area contributed by atoms with Gasteiger partial charge in [0.1, 0.15) is 23.0 Å². The Balaban J connectivity index is 0.